The minimum Gasteiger partial charge on any atom is -0.338 e. The van der Waals surface area contributed by atoms with E-state index in [0.29, 0.717) is 5.69 Å². The Morgan fingerprint density at radius 1 is 1.44 bits per heavy atom. The molecule has 0 spiro atoms. The van der Waals surface area contributed by atoms with Crippen LogP contribution in [0.25, 0.3) is 0 Å². The standard InChI is InChI=1S/C9H12ClN3O3/c1-5-6(2)13-16-8(5)12-9(15)11-7(14)3-4-10/h3-4H2,1-2H3,(H2,11,12,14,15). The lowest BCUT2D eigenvalue weighted by atomic mass is 10.3. The number of carbonyl (C=O) groups excluding carboxylic acids is 2. The maximum Gasteiger partial charge on any atom is 0.328 e. The third kappa shape index (κ3) is 3.23. The van der Waals surface area contributed by atoms with Crippen molar-refractivity contribution in [3.63, 3.8) is 0 Å². The van der Waals surface area contributed by atoms with Crippen LogP contribution in [0.2, 0.25) is 0 Å². The van der Waals surface area contributed by atoms with Crippen molar-refractivity contribution in [1.82, 2.24) is 10.5 Å². The molecule has 0 saturated heterocycles. The molecule has 0 bridgehead atoms. The predicted molar refractivity (Wildman–Crippen MR) is 58.5 cm³/mol. The van der Waals surface area contributed by atoms with E-state index >= 15 is 0 Å². The van der Waals surface area contributed by atoms with Gasteiger partial charge in [-0.25, -0.2) is 4.79 Å². The zero-order valence-electron chi connectivity index (χ0n) is 8.96. The molecule has 0 saturated carbocycles. The fourth-order valence-electron chi connectivity index (χ4n) is 0.941. The summed E-state index contributed by atoms with van der Waals surface area (Å²) >= 11 is 5.35. The number of halogens is 1. The number of amides is 3. The van der Waals surface area contributed by atoms with Crippen LogP contribution in [0.3, 0.4) is 0 Å². The third-order valence-electron chi connectivity index (χ3n) is 1.96. The van der Waals surface area contributed by atoms with Crippen molar-refractivity contribution in [2.75, 3.05) is 11.2 Å². The Bertz CT molecular complexity index is 403. The number of nitrogens with zero attached hydrogens (tertiary/aromatic N) is 1. The van der Waals surface area contributed by atoms with Gasteiger partial charge in [0.15, 0.2) is 0 Å². The lowest BCUT2D eigenvalue weighted by Gasteiger charge is -2.03. The van der Waals surface area contributed by atoms with E-state index in [9.17, 15) is 9.59 Å². The minimum absolute atomic E-state index is 0.0867. The van der Waals surface area contributed by atoms with Crippen LogP contribution in [0.15, 0.2) is 4.52 Å². The van der Waals surface area contributed by atoms with Gasteiger partial charge in [-0.2, -0.15) is 0 Å². The average molecular weight is 246 g/mol. The van der Waals surface area contributed by atoms with Gasteiger partial charge in [-0.1, -0.05) is 5.16 Å². The van der Waals surface area contributed by atoms with Gasteiger partial charge in [0.1, 0.15) is 0 Å². The number of carbonyl (C=O) groups is 2. The van der Waals surface area contributed by atoms with Gasteiger partial charge in [0.2, 0.25) is 11.8 Å². The Morgan fingerprint density at radius 2 is 2.12 bits per heavy atom. The Hall–Kier alpha value is -1.56. The highest BCUT2D eigenvalue weighted by Gasteiger charge is 2.13. The van der Waals surface area contributed by atoms with Crippen molar-refractivity contribution in [3.8, 4) is 0 Å². The highest BCUT2D eigenvalue weighted by molar-refractivity contribution is 6.19. The molecular weight excluding hydrogens is 234 g/mol. The van der Waals surface area contributed by atoms with E-state index in [1.165, 1.54) is 0 Å². The van der Waals surface area contributed by atoms with Gasteiger partial charge in [-0.15, -0.1) is 11.6 Å². The number of alkyl halides is 1. The molecule has 88 valence electrons. The molecule has 0 aliphatic heterocycles. The number of anilines is 1. The number of aromatic nitrogens is 1. The van der Waals surface area contributed by atoms with Crippen molar-refractivity contribution in [2.24, 2.45) is 0 Å². The second-order valence-corrected chi connectivity index (χ2v) is 3.54. The number of urea groups is 1. The minimum atomic E-state index is -0.658. The van der Waals surface area contributed by atoms with Crippen molar-refractivity contribution in [3.05, 3.63) is 11.3 Å². The highest BCUT2D eigenvalue weighted by Crippen LogP contribution is 2.16. The molecule has 0 aromatic carbocycles. The van der Waals surface area contributed by atoms with Crippen LogP contribution in [-0.4, -0.2) is 23.0 Å². The van der Waals surface area contributed by atoms with Crippen molar-refractivity contribution >= 4 is 29.4 Å². The zero-order chi connectivity index (χ0) is 12.1. The average Bonchev–Trinajstić information content (AvgIpc) is 2.50. The van der Waals surface area contributed by atoms with Gasteiger partial charge < -0.3 is 4.52 Å². The topological polar surface area (TPSA) is 84.2 Å². The summed E-state index contributed by atoms with van der Waals surface area (Å²) in [6.45, 7) is 3.50. The Kier molecular flexibility index (Phi) is 4.30. The molecule has 6 nitrogen and oxygen atoms in total. The summed E-state index contributed by atoms with van der Waals surface area (Å²) in [6.07, 6.45) is 0.0867. The smallest absolute Gasteiger partial charge is 0.328 e. The normalized spacial score (nSPS) is 9.94. The maximum atomic E-state index is 11.3. The second-order valence-electron chi connectivity index (χ2n) is 3.16. The van der Waals surface area contributed by atoms with E-state index in [4.69, 9.17) is 16.1 Å². The summed E-state index contributed by atoms with van der Waals surface area (Å²) in [5, 5.41) is 8.14. The largest absolute Gasteiger partial charge is 0.338 e. The highest BCUT2D eigenvalue weighted by atomic mass is 35.5. The van der Waals surface area contributed by atoms with Gasteiger partial charge in [0.05, 0.1) is 5.69 Å². The molecule has 1 aromatic heterocycles. The molecule has 16 heavy (non-hydrogen) atoms. The van der Waals surface area contributed by atoms with E-state index in [1.807, 2.05) is 0 Å². The van der Waals surface area contributed by atoms with E-state index in [1.54, 1.807) is 13.8 Å². The Morgan fingerprint density at radius 3 is 2.62 bits per heavy atom. The first-order valence-corrected chi connectivity index (χ1v) is 5.17. The molecule has 3 amide bonds. The molecular formula is C9H12ClN3O3. The first kappa shape index (κ1) is 12.5. The van der Waals surface area contributed by atoms with Crippen LogP contribution in [0.5, 0.6) is 0 Å². The molecule has 1 rings (SSSR count). The van der Waals surface area contributed by atoms with E-state index < -0.39 is 11.9 Å². The molecule has 1 aromatic rings. The van der Waals surface area contributed by atoms with Crippen LogP contribution < -0.4 is 10.6 Å². The van der Waals surface area contributed by atoms with Crippen LogP contribution in [-0.2, 0) is 4.79 Å². The van der Waals surface area contributed by atoms with Gasteiger partial charge in [-0.05, 0) is 13.8 Å². The van der Waals surface area contributed by atoms with Gasteiger partial charge >= 0.3 is 6.03 Å². The summed E-state index contributed by atoms with van der Waals surface area (Å²) in [6, 6.07) is -0.658. The third-order valence-corrected chi connectivity index (χ3v) is 2.15. The monoisotopic (exact) mass is 245 g/mol. The van der Waals surface area contributed by atoms with E-state index in [-0.39, 0.29) is 18.2 Å². The molecule has 1 heterocycles. The maximum absolute atomic E-state index is 11.3. The number of hydrogen-bond donors (Lipinski definition) is 2. The fourth-order valence-corrected chi connectivity index (χ4v) is 1.11. The molecule has 2 N–H and O–H groups in total. The number of hydrogen-bond acceptors (Lipinski definition) is 4. The second kappa shape index (κ2) is 5.50. The Labute approximate surface area is 97.3 Å². The predicted octanol–water partition coefficient (Wildman–Crippen LogP) is 1.57. The first-order valence-electron chi connectivity index (χ1n) is 4.64. The van der Waals surface area contributed by atoms with Crippen LogP contribution in [0.1, 0.15) is 17.7 Å². The van der Waals surface area contributed by atoms with Gasteiger partial charge in [0.25, 0.3) is 0 Å². The number of rotatable bonds is 3. The van der Waals surface area contributed by atoms with Gasteiger partial charge in [0, 0.05) is 17.9 Å². The number of aryl methyl sites for hydroxylation is 1. The molecule has 0 fully saturated rings. The first-order chi connectivity index (χ1) is 7.54. The van der Waals surface area contributed by atoms with Crippen molar-refractivity contribution < 1.29 is 14.1 Å². The van der Waals surface area contributed by atoms with Gasteiger partial charge in [-0.3, -0.25) is 15.4 Å². The SMILES string of the molecule is Cc1noc(NC(=O)NC(=O)CCCl)c1C. The molecule has 0 atom stereocenters. The molecule has 0 radical (unpaired) electrons. The number of nitrogens with one attached hydrogen (secondary N) is 2. The van der Waals surface area contributed by atoms with E-state index in [0.717, 1.165) is 5.56 Å². The summed E-state index contributed by atoms with van der Waals surface area (Å²) in [5.74, 6) is -0.0467. The molecule has 7 heteroatoms. The van der Waals surface area contributed by atoms with Crippen LogP contribution in [0, 0.1) is 13.8 Å². The summed E-state index contributed by atoms with van der Waals surface area (Å²) in [7, 11) is 0. The lowest BCUT2D eigenvalue weighted by Crippen LogP contribution is -2.34. The van der Waals surface area contributed by atoms with Crippen LogP contribution >= 0.6 is 11.6 Å². The summed E-state index contributed by atoms with van der Waals surface area (Å²) in [5.41, 5.74) is 1.40. The Balaban J connectivity index is 2.52. The van der Waals surface area contributed by atoms with Crippen molar-refractivity contribution in [1.29, 1.82) is 0 Å². The van der Waals surface area contributed by atoms with Crippen molar-refractivity contribution in [2.45, 2.75) is 20.3 Å². The lowest BCUT2D eigenvalue weighted by molar-refractivity contribution is -0.119. The summed E-state index contributed by atoms with van der Waals surface area (Å²) < 4.78 is 4.85. The van der Waals surface area contributed by atoms with Crippen LogP contribution in [0.4, 0.5) is 10.7 Å². The fraction of sp³-hybridized carbons (Fsp3) is 0.444. The zero-order valence-corrected chi connectivity index (χ0v) is 9.72. The molecule has 0 unspecified atom stereocenters. The quantitative estimate of drug-likeness (QED) is 0.792. The number of imide groups is 1. The summed E-state index contributed by atoms with van der Waals surface area (Å²) in [4.78, 5) is 22.3. The molecule has 0 aliphatic rings. The molecule has 0 aliphatic carbocycles. The van der Waals surface area contributed by atoms with E-state index in [2.05, 4.69) is 15.8 Å².